The lowest BCUT2D eigenvalue weighted by atomic mass is 9.95. The van der Waals surface area contributed by atoms with E-state index in [1.54, 1.807) is 18.2 Å². The van der Waals surface area contributed by atoms with Crippen LogP contribution in [0.5, 0.6) is 5.75 Å². The summed E-state index contributed by atoms with van der Waals surface area (Å²) in [6.07, 6.45) is 0.947. The number of hydrogen-bond acceptors (Lipinski definition) is 3. The van der Waals surface area contributed by atoms with E-state index in [2.05, 4.69) is 17.6 Å². The standard InChI is InChI=1S/C14H19ClN2O2/c1-9-8-16-6-5-12(9)17-14(18)11-4-3-10(15)7-13(11)19-2/h3-4,7,9,12,16H,5-6,8H2,1-2H3,(H,17,18). The van der Waals surface area contributed by atoms with Gasteiger partial charge in [0.15, 0.2) is 0 Å². The first kappa shape index (κ1) is 14.2. The third kappa shape index (κ3) is 3.39. The molecule has 1 aliphatic rings. The zero-order valence-electron chi connectivity index (χ0n) is 11.2. The van der Waals surface area contributed by atoms with Gasteiger partial charge in [-0.25, -0.2) is 0 Å². The third-order valence-corrected chi connectivity index (χ3v) is 3.75. The van der Waals surface area contributed by atoms with Gasteiger partial charge in [-0.3, -0.25) is 4.79 Å². The van der Waals surface area contributed by atoms with Crippen LogP contribution < -0.4 is 15.4 Å². The van der Waals surface area contributed by atoms with Crippen molar-refractivity contribution in [2.24, 2.45) is 5.92 Å². The summed E-state index contributed by atoms with van der Waals surface area (Å²) in [6.45, 7) is 4.01. The summed E-state index contributed by atoms with van der Waals surface area (Å²) in [5.41, 5.74) is 0.526. The number of nitrogens with one attached hydrogen (secondary N) is 2. The zero-order valence-corrected chi connectivity index (χ0v) is 12.0. The Balaban J connectivity index is 2.11. The van der Waals surface area contributed by atoms with Gasteiger partial charge in [-0.1, -0.05) is 18.5 Å². The van der Waals surface area contributed by atoms with E-state index in [9.17, 15) is 4.79 Å². The van der Waals surface area contributed by atoms with Gasteiger partial charge >= 0.3 is 0 Å². The molecule has 0 saturated carbocycles. The van der Waals surface area contributed by atoms with E-state index >= 15 is 0 Å². The molecule has 1 amide bonds. The fourth-order valence-corrected chi connectivity index (χ4v) is 2.49. The summed E-state index contributed by atoms with van der Waals surface area (Å²) in [7, 11) is 1.54. The molecule has 0 spiro atoms. The van der Waals surface area contributed by atoms with E-state index in [0.29, 0.717) is 22.3 Å². The molecule has 2 atom stereocenters. The van der Waals surface area contributed by atoms with Crippen LogP contribution in [0.1, 0.15) is 23.7 Å². The lowest BCUT2D eigenvalue weighted by Gasteiger charge is -2.30. The quantitative estimate of drug-likeness (QED) is 0.892. The van der Waals surface area contributed by atoms with Crippen LogP contribution in [-0.4, -0.2) is 32.1 Å². The molecule has 1 aromatic carbocycles. The van der Waals surface area contributed by atoms with Crippen molar-refractivity contribution in [1.29, 1.82) is 0 Å². The number of rotatable bonds is 3. The maximum absolute atomic E-state index is 12.3. The Morgan fingerprint density at radius 1 is 1.53 bits per heavy atom. The maximum Gasteiger partial charge on any atom is 0.255 e. The fraction of sp³-hybridized carbons (Fsp3) is 0.500. The Bertz CT molecular complexity index is 465. The summed E-state index contributed by atoms with van der Waals surface area (Å²) in [4.78, 5) is 12.3. The van der Waals surface area contributed by atoms with Crippen molar-refractivity contribution in [3.05, 3.63) is 28.8 Å². The van der Waals surface area contributed by atoms with Crippen LogP contribution in [-0.2, 0) is 0 Å². The number of ether oxygens (including phenoxy) is 1. The predicted molar refractivity (Wildman–Crippen MR) is 75.9 cm³/mol. The van der Waals surface area contributed by atoms with Crippen molar-refractivity contribution < 1.29 is 9.53 Å². The van der Waals surface area contributed by atoms with Gasteiger partial charge in [0, 0.05) is 11.1 Å². The first-order valence-electron chi connectivity index (χ1n) is 6.47. The molecule has 104 valence electrons. The first-order valence-corrected chi connectivity index (χ1v) is 6.84. The van der Waals surface area contributed by atoms with E-state index in [4.69, 9.17) is 16.3 Å². The second-order valence-electron chi connectivity index (χ2n) is 4.89. The molecule has 1 fully saturated rings. The summed E-state index contributed by atoms with van der Waals surface area (Å²) >= 11 is 5.90. The Kier molecular flexibility index (Phi) is 4.66. The van der Waals surface area contributed by atoms with Crippen LogP contribution in [0.25, 0.3) is 0 Å². The maximum atomic E-state index is 12.3. The number of halogens is 1. The van der Waals surface area contributed by atoms with Gasteiger partial charge in [-0.2, -0.15) is 0 Å². The van der Waals surface area contributed by atoms with E-state index in [-0.39, 0.29) is 11.9 Å². The zero-order chi connectivity index (χ0) is 13.8. The average Bonchev–Trinajstić information content (AvgIpc) is 2.41. The Morgan fingerprint density at radius 2 is 2.32 bits per heavy atom. The molecule has 1 aromatic rings. The molecule has 0 aromatic heterocycles. The second kappa shape index (κ2) is 6.26. The minimum Gasteiger partial charge on any atom is -0.496 e. The van der Waals surface area contributed by atoms with Gasteiger partial charge in [-0.15, -0.1) is 0 Å². The highest BCUT2D eigenvalue weighted by atomic mass is 35.5. The highest BCUT2D eigenvalue weighted by Crippen LogP contribution is 2.23. The molecule has 1 heterocycles. The average molecular weight is 283 g/mol. The normalized spacial score (nSPS) is 22.9. The lowest BCUT2D eigenvalue weighted by Crippen LogP contribution is -2.48. The molecule has 0 radical (unpaired) electrons. The topological polar surface area (TPSA) is 50.4 Å². The van der Waals surface area contributed by atoms with Gasteiger partial charge in [0.1, 0.15) is 5.75 Å². The van der Waals surface area contributed by atoms with Crippen LogP contribution >= 0.6 is 11.6 Å². The minimum absolute atomic E-state index is 0.104. The number of piperidine rings is 1. The van der Waals surface area contributed by atoms with Crippen molar-refractivity contribution in [2.45, 2.75) is 19.4 Å². The van der Waals surface area contributed by atoms with Crippen molar-refractivity contribution in [3.63, 3.8) is 0 Å². The molecular formula is C14H19ClN2O2. The van der Waals surface area contributed by atoms with Crippen LogP contribution in [0.2, 0.25) is 5.02 Å². The van der Waals surface area contributed by atoms with Gasteiger partial charge in [-0.05, 0) is 43.6 Å². The second-order valence-corrected chi connectivity index (χ2v) is 5.33. The monoisotopic (exact) mass is 282 g/mol. The number of carbonyl (C=O) groups is 1. The highest BCUT2D eigenvalue weighted by molar-refractivity contribution is 6.30. The summed E-state index contributed by atoms with van der Waals surface area (Å²) in [5, 5.41) is 6.95. The molecule has 5 heteroatoms. The molecular weight excluding hydrogens is 264 g/mol. The van der Waals surface area contributed by atoms with Crippen LogP contribution in [0.3, 0.4) is 0 Å². The smallest absolute Gasteiger partial charge is 0.255 e. The van der Waals surface area contributed by atoms with Crippen LogP contribution in [0.4, 0.5) is 0 Å². The molecule has 2 unspecified atom stereocenters. The molecule has 2 N–H and O–H groups in total. The molecule has 0 aliphatic carbocycles. The molecule has 0 bridgehead atoms. The molecule has 2 rings (SSSR count). The summed E-state index contributed by atoms with van der Waals surface area (Å²) in [6, 6.07) is 5.25. The van der Waals surface area contributed by atoms with Crippen LogP contribution in [0.15, 0.2) is 18.2 Å². The van der Waals surface area contributed by atoms with Gasteiger partial charge < -0.3 is 15.4 Å². The fourth-order valence-electron chi connectivity index (χ4n) is 2.33. The number of hydrogen-bond donors (Lipinski definition) is 2. The molecule has 4 nitrogen and oxygen atoms in total. The summed E-state index contributed by atoms with van der Waals surface area (Å²) < 4.78 is 5.21. The van der Waals surface area contributed by atoms with Crippen molar-refractivity contribution >= 4 is 17.5 Å². The van der Waals surface area contributed by atoms with Crippen LogP contribution in [0, 0.1) is 5.92 Å². The number of carbonyl (C=O) groups excluding carboxylic acids is 1. The lowest BCUT2D eigenvalue weighted by molar-refractivity contribution is 0.0911. The number of benzene rings is 1. The Morgan fingerprint density at radius 3 is 3.00 bits per heavy atom. The largest absolute Gasteiger partial charge is 0.496 e. The molecule has 1 aliphatic heterocycles. The first-order chi connectivity index (χ1) is 9.11. The van der Waals surface area contributed by atoms with E-state index in [1.807, 2.05) is 0 Å². The summed E-state index contributed by atoms with van der Waals surface area (Å²) in [5.74, 6) is 0.829. The number of amides is 1. The van der Waals surface area contributed by atoms with Crippen molar-refractivity contribution in [3.8, 4) is 5.75 Å². The Hall–Kier alpha value is -1.26. The van der Waals surface area contributed by atoms with Crippen molar-refractivity contribution in [1.82, 2.24) is 10.6 Å². The predicted octanol–water partition coefficient (Wildman–Crippen LogP) is 2.08. The molecule has 19 heavy (non-hydrogen) atoms. The third-order valence-electron chi connectivity index (χ3n) is 3.51. The van der Waals surface area contributed by atoms with Gasteiger partial charge in [0.25, 0.3) is 5.91 Å². The SMILES string of the molecule is COc1cc(Cl)ccc1C(=O)NC1CCNCC1C. The molecule has 1 saturated heterocycles. The van der Waals surface area contributed by atoms with Gasteiger partial charge in [0.05, 0.1) is 12.7 Å². The number of methoxy groups -OCH3 is 1. The van der Waals surface area contributed by atoms with Crippen molar-refractivity contribution in [2.75, 3.05) is 20.2 Å². The Labute approximate surface area is 118 Å². The van der Waals surface area contributed by atoms with E-state index < -0.39 is 0 Å². The highest BCUT2D eigenvalue weighted by Gasteiger charge is 2.24. The van der Waals surface area contributed by atoms with Gasteiger partial charge in [0.2, 0.25) is 0 Å². The minimum atomic E-state index is -0.104. The van der Waals surface area contributed by atoms with E-state index in [1.165, 1.54) is 7.11 Å². The van der Waals surface area contributed by atoms with E-state index in [0.717, 1.165) is 19.5 Å².